The number of alkyl halides is 1. The first kappa shape index (κ1) is 9.95. The van der Waals surface area contributed by atoms with Crippen molar-refractivity contribution >= 4 is 29.0 Å². The van der Waals surface area contributed by atoms with Gasteiger partial charge in [0.15, 0.2) is 17.4 Å². The van der Waals surface area contributed by atoms with E-state index in [-0.39, 0.29) is 17.4 Å². The Morgan fingerprint density at radius 3 is 2.00 bits per heavy atom. The Bertz CT molecular complexity index is 15.0. The fourth-order valence-corrected chi connectivity index (χ4v) is 0.401. The molecule has 6 heavy (non-hydrogen) atoms. The predicted molar refractivity (Wildman–Crippen MR) is 35.6 cm³/mol. The molecule has 0 radical (unpaired) electrons. The third kappa shape index (κ3) is 8.85. The van der Waals surface area contributed by atoms with Gasteiger partial charge >= 0.3 is 0 Å². The van der Waals surface area contributed by atoms with Crippen molar-refractivity contribution in [1.82, 2.24) is 0 Å². The molecule has 0 atom stereocenters. The zero-order chi connectivity index (χ0) is 4.12. The highest BCUT2D eigenvalue weighted by Gasteiger charge is 1.70. The molecule has 0 aromatic heterocycles. The number of hydrogen-bond donors (Lipinski definition) is 0. The standard InChI is InChI=1S/C4H9Cl.Al.3H/c1-2-3-4-5;;;;/h2-4H2,1H3;;;;. The van der Waals surface area contributed by atoms with E-state index in [1.165, 1.54) is 6.42 Å². The third-order valence-corrected chi connectivity index (χ3v) is 0.754. The smallest absolute Gasteiger partial charge is 0.127 e. The van der Waals surface area contributed by atoms with Crippen LogP contribution in [0.3, 0.4) is 0 Å². The van der Waals surface area contributed by atoms with Gasteiger partial charge in [0.05, 0.1) is 0 Å². The summed E-state index contributed by atoms with van der Waals surface area (Å²) >= 11 is 5.30. The summed E-state index contributed by atoms with van der Waals surface area (Å²) in [4.78, 5) is 0. The van der Waals surface area contributed by atoms with Crippen molar-refractivity contribution in [2.24, 2.45) is 0 Å². The highest BCUT2D eigenvalue weighted by atomic mass is 35.5. The van der Waals surface area contributed by atoms with Crippen molar-refractivity contribution in [1.29, 1.82) is 0 Å². The lowest BCUT2D eigenvalue weighted by atomic mass is 10.4. The van der Waals surface area contributed by atoms with Crippen LogP contribution in [0, 0.1) is 0 Å². The Balaban J connectivity index is 0. The molecule has 0 spiro atoms. The summed E-state index contributed by atoms with van der Waals surface area (Å²) in [6.45, 7) is 2.13. The fourth-order valence-electron chi connectivity index (χ4n) is 0.134. The minimum Gasteiger partial charge on any atom is -0.127 e. The Morgan fingerprint density at radius 2 is 2.00 bits per heavy atom. The minimum atomic E-state index is 0. The first-order valence-corrected chi connectivity index (χ1v) is 2.51. The summed E-state index contributed by atoms with van der Waals surface area (Å²) in [7, 11) is 0. The van der Waals surface area contributed by atoms with E-state index >= 15 is 0 Å². The molecule has 0 aliphatic rings. The maximum Gasteiger partial charge on any atom is 0.187 e. The van der Waals surface area contributed by atoms with E-state index in [1.54, 1.807) is 0 Å². The molecule has 38 valence electrons. The van der Waals surface area contributed by atoms with E-state index in [0.717, 1.165) is 12.3 Å². The summed E-state index contributed by atoms with van der Waals surface area (Å²) in [6.07, 6.45) is 2.37. The minimum absolute atomic E-state index is 0. The molecule has 0 saturated heterocycles. The fraction of sp³-hybridized carbons (Fsp3) is 1.00. The molecule has 0 nitrogen and oxygen atoms in total. The van der Waals surface area contributed by atoms with E-state index in [9.17, 15) is 0 Å². The number of halogens is 1. The summed E-state index contributed by atoms with van der Waals surface area (Å²) in [5.41, 5.74) is 0. The molecule has 0 heterocycles. The second kappa shape index (κ2) is 9.27. The highest BCUT2D eigenvalue weighted by Crippen LogP contribution is 1.86. The molecule has 0 aliphatic heterocycles. The van der Waals surface area contributed by atoms with Crippen LogP contribution in [-0.2, 0) is 0 Å². The molecular formula is C4H12AlCl. The average molecular weight is 123 g/mol. The second-order valence-electron chi connectivity index (χ2n) is 1.04. The highest BCUT2D eigenvalue weighted by molar-refractivity contribution is 6.17. The van der Waals surface area contributed by atoms with Crippen LogP contribution in [-0.4, -0.2) is 23.2 Å². The quantitative estimate of drug-likeness (QED) is 0.376. The van der Waals surface area contributed by atoms with E-state index in [2.05, 4.69) is 6.92 Å². The molecule has 0 unspecified atom stereocenters. The van der Waals surface area contributed by atoms with E-state index in [0.29, 0.717) is 0 Å². The lowest BCUT2D eigenvalue weighted by molar-refractivity contribution is 0.892. The largest absolute Gasteiger partial charge is 0.187 e. The zero-order valence-corrected chi connectivity index (χ0v) is 4.26. The van der Waals surface area contributed by atoms with Gasteiger partial charge in [-0.2, -0.15) is 0 Å². The van der Waals surface area contributed by atoms with Crippen molar-refractivity contribution < 1.29 is 0 Å². The Morgan fingerprint density at radius 1 is 1.50 bits per heavy atom. The van der Waals surface area contributed by atoms with Gasteiger partial charge in [-0.05, 0) is 6.42 Å². The molecule has 0 aromatic carbocycles. The van der Waals surface area contributed by atoms with Crippen LogP contribution >= 0.6 is 11.6 Å². The topological polar surface area (TPSA) is 0 Å². The molecule has 0 aromatic rings. The van der Waals surface area contributed by atoms with Crippen molar-refractivity contribution in [3.8, 4) is 0 Å². The lowest BCUT2D eigenvalue weighted by Crippen LogP contribution is -1.65. The van der Waals surface area contributed by atoms with Gasteiger partial charge < -0.3 is 0 Å². The van der Waals surface area contributed by atoms with Gasteiger partial charge in [-0.15, -0.1) is 11.6 Å². The normalized spacial score (nSPS) is 7.00. The Kier molecular flexibility index (Phi) is 15.4. The average Bonchev–Trinajstić information content (AvgIpc) is 1.41. The van der Waals surface area contributed by atoms with Crippen molar-refractivity contribution in [2.45, 2.75) is 19.8 Å². The molecule has 0 rings (SSSR count). The molecule has 0 bridgehead atoms. The maximum absolute atomic E-state index is 5.30. The van der Waals surface area contributed by atoms with Crippen molar-refractivity contribution in [3.05, 3.63) is 0 Å². The molecule has 0 saturated carbocycles. The SMILES string of the molecule is CCCCCl.[AlH3]. The zero-order valence-electron chi connectivity index (χ0n) is 3.50. The molecule has 0 fully saturated rings. The van der Waals surface area contributed by atoms with Crippen molar-refractivity contribution in [3.63, 3.8) is 0 Å². The molecule has 2 heteroatoms. The maximum atomic E-state index is 5.30. The Labute approximate surface area is 55.0 Å². The molecule has 0 N–H and O–H groups in total. The Hall–Kier alpha value is 0.822. The van der Waals surface area contributed by atoms with Crippen LogP contribution in [0.15, 0.2) is 0 Å². The molecular weight excluding hydrogens is 110 g/mol. The van der Waals surface area contributed by atoms with Crippen LogP contribution in [0.4, 0.5) is 0 Å². The number of unbranched alkanes of at least 4 members (excludes halogenated alkanes) is 1. The van der Waals surface area contributed by atoms with Crippen LogP contribution in [0.2, 0.25) is 0 Å². The number of rotatable bonds is 2. The summed E-state index contributed by atoms with van der Waals surface area (Å²) in [6, 6.07) is 0. The third-order valence-electron chi connectivity index (χ3n) is 0.487. The van der Waals surface area contributed by atoms with Gasteiger partial charge in [0.25, 0.3) is 0 Å². The second-order valence-corrected chi connectivity index (χ2v) is 1.42. The van der Waals surface area contributed by atoms with E-state index in [4.69, 9.17) is 11.6 Å². The summed E-state index contributed by atoms with van der Waals surface area (Å²) in [5.74, 6) is 0.816. The van der Waals surface area contributed by atoms with E-state index < -0.39 is 0 Å². The van der Waals surface area contributed by atoms with Crippen LogP contribution in [0.25, 0.3) is 0 Å². The lowest BCUT2D eigenvalue weighted by Gasteiger charge is -1.77. The first-order chi connectivity index (χ1) is 2.41. The monoisotopic (exact) mass is 122 g/mol. The molecule has 0 amide bonds. The van der Waals surface area contributed by atoms with Gasteiger partial charge in [-0.3, -0.25) is 0 Å². The van der Waals surface area contributed by atoms with Gasteiger partial charge in [0.1, 0.15) is 0 Å². The molecule has 0 aliphatic carbocycles. The summed E-state index contributed by atoms with van der Waals surface area (Å²) in [5, 5.41) is 0. The number of hydrogen-bond acceptors (Lipinski definition) is 0. The van der Waals surface area contributed by atoms with Crippen LogP contribution in [0.1, 0.15) is 19.8 Å². The van der Waals surface area contributed by atoms with Crippen molar-refractivity contribution in [2.75, 3.05) is 5.88 Å². The van der Waals surface area contributed by atoms with Gasteiger partial charge in [0.2, 0.25) is 0 Å². The van der Waals surface area contributed by atoms with E-state index in [1.807, 2.05) is 0 Å². The first-order valence-electron chi connectivity index (χ1n) is 1.97. The van der Waals surface area contributed by atoms with Gasteiger partial charge in [0, 0.05) is 5.88 Å². The summed E-state index contributed by atoms with van der Waals surface area (Å²) < 4.78 is 0. The van der Waals surface area contributed by atoms with Gasteiger partial charge in [-0.25, -0.2) is 0 Å². The van der Waals surface area contributed by atoms with Crippen LogP contribution < -0.4 is 0 Å². The van der Waals surface area contributed by atoms with Gasteiger partial charge in [-0.1, -0.05) is 13.3 Å². The van der Waals surface area contributed by atoms with Crippen LogP contribution in [0.5, 0.6) is 0 Å². The predicted octanol–water partition coefficient (Wildman–Crippen LogP) is 0.841.